The molecule has 0 rings (SSSR count). The van der Waals surface area contributed by atoms with Crippen LogP contribution in [0, 0.1) is 17.8 Å². The number of urea groups is 1. The van der Waals surface area contributed by atoms with Gasteiger partial charge in [-0.2, -0.15) is 0 Å². The first-order valence-electron chi connectivity index (χ1n) is 10.9. The summed E-state index contributed by atoms with van der Waals surface area (Å²) in [6, 6.07) is -0.702. The summed E-state index contributed by atoms with van der Waals surface area (Å²) in [5.41, 5.74) is 5.35. The third-order valence-corrected chi connectivity index (χ3v) is 5.28. The Morgan fingerprint density at radius 3 is 2.00 bits per heavy atom. The Balaban J connectivity index is 4.70. The molecule has 4 N–H and O–H groups in total. The number of ketones is 4. The summed E-state index contributed by atoms with van der Waals surface area (Å²) >= 11 is 0. The van der Waals surface area contributed by atoms with Gasteiger partial charge in [0.1, 0.15) is 17.3 Å². The molecule has 0 aliphatic heterocycles. The fourth-order valence-electron chi connectivity index (χ4n) is 3.21. The molecule has 0 aromatic rings. The second-order valence-corrected chi connectivity index (χ2v) is 8.47. The minimum absolute atomic E-state index is 0.00588. The number of primary amides is 1. The number of hydrogen-bond acceptors (Lipinski definition) is 6. The van der Waals surface area contributed by atoms with Gasteiger partial charge in [-0.05, 0) is 31.3 Å². The van der Waals surface area contributed by atoms with Crippen molar-refractivity contribution in [2.24, 2.45) is 23.5 Å². The lowest BCUT2D eigenvalue weighted by Crippen LogP contribution is -2.31. The number of carboxylic acid groups (broad SMARTS) is 1. The number of amides is 2. The van der Waals surface area contributed by atoms with Crippen LogP contribution in [-0.4, -0.2) is 46.8 Å². The average molecular weight is 453 g/mol. The minimum atomic E-state index is -1.11. The van der Waals surface area contributed by atoms with Crippen LogP contribution in [0.15, 0.2) is 12.2 Å². The van der Waals surface area contributed by atoms with E-state index >= 15 is 0 Å². The van der Waals surface area contributed by atoms with Crippen molar-refractivity contribution in [1.82, 2.24) is 5.32 Å². The monoisotopic (exact) mass is 452 g/mol. The maximum Gasteiger partial charge on any atom is 0.312 e. The summed E-state index contributed by atoms with van der Waals surface area (Å²) in [6.07, 6.45) is 0.404. The molecule has 0 aliphatic rings. The smallest absolute Gasteiger partial charge is 0.312 e. The van der Waals surface area contributed by atoms with E-state index in [0.717, 1.165) is 0 Å². The van der Waals surface area contributed by atoms with Crippen LogP contribution in [0.1, 0.15) is 72.1 Å². The molecule has 0 spiro atoms. The number of allylic oxidation sites excluding steroid dienone is 1. The number of Topliss-reactive ketones (excluding diaryl/α,β-unsaturated/α-hetero) is 4. The molecule has 0 saturated carbocycles. The highest BCUT2D eigenvalue weighted by atomic mass is 16.4. The first-order valence-corrected chi connectivity index (χ1v) is 10.9. The van der Waals surface area contributed by atoms with Crippen molar-refractivity contribution >= 4 is 35.1 Å². The maximum absolute atomic E-state index is 12.7. The Labute approximate surface area is 189 Å². The van der Waals surface area contributed by atoms with Gasteiger partial charge in [-0.1, -0.05) is 20.4 Å². The summed E-state index contributed by atoms with van der Waals surface area (Å²) in [6.45, 7) is 8.89. The number of hydrogen-bond donors (Lipinski definition) is 3. The minimum Gasteiger partial charge on any atom is -0.481 e. The second kappa shape index (κ2) is 15.0. The van der Waals surface area contributed by atoms with Crippen molar-refractivity contribution in [2.45, 2.75) is 72.1 Å². The van der Waals surface area contributed by atoms with Crippen LogP contribution >= 0.6 is 0 Å². The molecule has 0 aliphatic carbocycles. The molecule has 2 unspecified atom stereocenters. The highest BCUT2D eigenvalue weighted by molar-refractivity contribution is 5.97. The van der Waals surface area contributed by atoms with Crippen molar-refractivity contribution < 1.29 is 33.9 Å². The number of nitrogens with one attached hydrogen (secondary N) is 1. The predicted molar refractivity (Wildman–Crippen MR) is 119 cm³/mol. The number of aliphatic carboxylic acids is 1. The Kier molecular flexibility index (Phi) is 13.7. The summed E-state index contributed by atoms with van der Waals surface area (Å²) in [5, 5.41) is 11.8. The van der Waals surface area contributed by atoms with Gasteiger partial charge in [-0.25, -0.2) is 4.79 Å². The Hall–Kier alpha value is -2.84. The lowest BCUT2D eigenvalue weighted by molar-refractivity contribution is -0.145. The lowest BCUT2D eigenvalue weighted by atomic mass is 9.82. The highest BCUT2D eigenvalue weighted by Crippen LogP contribution is 2.24. The largest absolute Gasteiger partial charge is 0.481 e. The Morgan fingerprint density at radius 2 is 1.50 bits per heavy atom. The first kappa shape index (κ1) is 29.2. The van der Waals surface area contributed by atoms with Crippen LogP contribution in [0.5, 0.6) is 0 Å². The van der Waals surface area contributed by atoms with Crippen molar-refractivity contribution in [3.05, 3.63) is 12.2 Å². The van der Waals surface area contributed by atoms with Crippen molar-refractivity contribution in [1.29, 1.82) is 0 Å². The van der Waals surface area contributed by atoms with Crippen molar-refractivity contribution in [2.75, 3.05) is 6.54 Å². The normalized spacial score (nSPS) is 12.6. The van der Waals surface area contributed by atoms with E-state index in [9.17, 15) is 33.9 Å². The molecular weight excluding hydrogens is 416 g/mol. The van der Waals surface area contributed by atoms with E-state index < -0.39 is 23.8 Å². The molecule has 0 aromatic carbocycles. The van der Waals surface area contributed by atoms with E-state index in [-0.39, 0.29) is 80.5 Å². The van der Waals surface area contributed by atoms with Gasteiger partial charge in [-0.15, -0.1) is 0 Å². The second-order valence-electron chi connectivity index (χ2n) is 8.47. The Bertz CT molecular complexity index is 728. The fourth-order valence-corrected chi connectivity index (χ4v) is 3.21. The van der Waals surface area contributed by atoms with Crippen LogP contribution in [0.25, 0.3) is 0 Å². The van der Waals surface area contributed by atoms with Gasteiger partial charge in [0.05, 0.1) is 5.92 Å². The molecule has 180 valence electrons. The molecule has 9 heteroatoms. The van der Waals surface area contributed by atoms with Crippen LogP contribution in [0.2, 0.25) is 0 Å². The van der Waals surface area contributed by atoms with Crippen LogP contribution < -0.4 is 11.1 Å². The zero-order chi connectivity index (χ0) is 24.8. The molecule has 0 radical (unpaired) electrons. The summed E-state index contributed by atoms with van der Waals surface area (Å²) in [4.78, 5) is 70.7. The SMILES string of the molecule is C=C(C)C(=O)CCC(=O)CCC(=O)CC(C(=O)CC(CCCNC(N)=O)C(=O)O)C(C)C. The first-order chi connectivity index (χ1) is 14.8. The standard InChI is InChI=1S/C23H36N2O7/c1-14(2)19(13-18(27)8-7-17(26)9-10-20(28)15(3)4)21(29)12-16(22(30)31)6-5-11-25-23(24)32/h14,16,19H,3,5-13H2,1-2,4H3,(H,30,31)(H3,24,25,32). The predicted octanol–water partition coefficient (Wildman–Crippen LogP) is 2.60. The molecule has 0 heterocycles. The zero-order valence-corrected chi connectivity index (χ0v) is 19.3. The molecular formula is C23H36N2O7. The third-order valence-electron chi connectivity index (χ3n) is 5.28. The summed E-state index contributed by atoms with van der Waals surface area (Å²) in [5.74, 6) is -3.75. The van der Waals surface area contributed by atoms with E-state index in [4.69, 9.17) is 5.73 Å². The van der Waals surface area contributed by atoms with Gasteiger partial charge < -0.3 is 16.2 Å². The van der Waals surface area contributed by atoms with Gasteiger partial charge >= 0.3 is 12.0 Å². The fraction of sp³-hybridized carbons (Fsp3) is 0.652. The van der Waals surface area contributed by atoms with Gasteiger partial charge in [-0.3, -0.25) is 24.0 Å². The van der Waals surface area contributed by atoms with E-state index in [0.29, 0.717) is 12.0 Å². The van der Waals surface area contributed by atoms with E-state index in [1.807, 2.05) is 0 Å². The van der Waals surface area contributed by atoms with Gasteiger partial charge in [0.15, 0.2) is 5.78 Å². The molecule has 0 aromatic heterocycles. The topological polar surface area (TPSA) is 161 Å². The molecule has 0 bridgehead atoms. The number of carboxylic acids is 1. The summed E-state index contributed by atoms with van der Waals surface area (Å²) in [7, 11) is 0. The molecule has 0 saturated heterocycles. The molecule has 2 amide bonds. The highest BCUT2D eigenvalue weighted by Gasteiger charge is 2.29. The van der Waals surface area contributed by atoms with Gasteiger partial charge in [0, 0.05) is 51.0 Å². The zero-order valence-electron chi connectivity index (χ0n) is 19.3. The molecule has 0 fully saturated rings. The quantitative estimate of drug-likeness (QED) is 0.213. The number of carbonyl (C=O) groups is 6. The molecule has 32 heavy (non-hydrogen) atoms. The van der Waals surface area contributed by atoms with Crippen molar-refractivity contribution in [3.8, 4) is 0 Å². The van der Waals surface area contributed by atoms with Crippen LogP contribution in [-0.2, 0) is 24.0 Å². The summed E-state index contributed by atoms with van der Waals surface area (Å²) < 4.78 is 0. The maximum atomic E-state index is 12.7. The van der Waals surface area contributed by atoms with Gasteiger partial charge in [0.25, 0.3) is 0 Å². The number of carbonyl (C=O) groups excluding carboxylic acids is 5. The number of nitrogens with two attached hydrogens (primary N) is 1. The van der Waals surface area contributed by atoms with Gasteiger partial charge in [0.2, 0.25) is 0 Å². The lowest BCUT2D eigenvalue weighted by Gasteiger charge is -2.21. The van der Waals surface area contributed by atoms with E-state index in [1.54, 1.807) is 20.8 Å². The van der Waals surface area contributed by atoms with Crippen LogP contribution in [0.3, 0.4) is 0 Å². The Morgan fingerprint density at radius 1 is 0.938 bits per heavy atom. The van der Waals surface area contributed by atoms with Crippen LogP contribution in [0.4, 0.5) is 4.79 Å². The molecule has 2 atom stereocenters. The van der Waals surface area contributed by atoms with Crippen molar-refractivity contribution in [3.63, 3.8) is 0 Å². The van der Waals surface area contributed by atoms with E-state index in [2.05, 4.69) is 11.9 Å². The third kappa shape index (κ3) is 12.8. The average Bonchev–Trinajstić information content (AvgIpc) is 2.69. The number of rotatable bonds is 18. The van der Waals surface area contributed by atoms with E-state index in [1.165, 1.54) is 0 Å². The molecule has 9 nitrogen and oxygen atoms in total.